The molecule has 0 heterocycles. The van der Waals surface area contributed by atoms with E-state index in [9.17, 15) is 5.11 Å². The minimum absolute atomic E-state index is 0.168. The Morgan fingerprint density at radius 2 is 1.90 bits per heavy atom. The number of rotatable bonds is 2. The third kappa shape index (κ3) is 2.14. The topological polar surface area (TPSA) is 20.2 Å². The van der Waals surface area contributed by atoms with Crippen LogP contribution in [0.15, 0.2) is 12.2 Å². The van der Waals surface area contributed by atoms with E-state index in [1.54, 1.807) is 0 Å². The van der Waals surface area contributed by atoms with E-state index in [1.165, 1.54) is 63.4 Å². The Labute approximate surface area is 131 Å². The molecule has 21 heavy (non-hydrogen) atoms. The molecule has 3 fully saturated rings. The second-order valence-electron chi connectivity index (χ2n) is 9.00. The van der Waals surface area contributed by atoms with Crippen LogP contribution in [0.25, 0.3) is 0 Å². The zero-order valence-electron chi connectivity index (χ0n) is 14.4. The maximum Gasteiger partial charge on any atom is 0.0487 e. The zero-order valence-corrected chi connectivity index (χ0v) is 14.4. The van der Waals surface area contributed by atoms with Gasteiger partial charge in [0.05, 0.1) is 0 Å². The first kappa shape index (κ1) is 15.6. The third-order valence-electron chi connectivity index (χ3n) is 8.02. The molecule has 0 saturated heterocycles. The molecule has 0 aromatic rings. The van der Waals surface area contributed by atoms with Crippen LogP contribution in [0.4, 0.5) is 0 Å². The van der Waals surface area contributed by atoms with Crippen molar-refractivity contribution in [2.75, 3.05) is 6.61 Å². The second-order valence-corrected chi connectivity index (χ2v) is 9.00. The van der Waals surface area contributed by atoms with Gasteiger partial charge in [-0.25, -0.2) is 0 Å². The fourth-order valence-corrected chi connectivity index (χ4v) is 6.94. The lowest BCUT2D eigenvalue weighted by Crippen LogP contribution is -2.57. The van der Waals surface area contributed by atoms with Crippen LogP contribution in [0.3, 0.4) is 0 Å². The third-order valence-corrected chi connectivity index (χ3v) is 8.02. The molecule has 120 valence electrons. The first-order valence-electron chi connectivity index (χ1n) is 9.18. The molecule has 4 unspecified atom stereocenters. The summed E-state index contributed by atoms with van der Waals surface area (Å²) in [6, 6.07) is 0. The summed E-state index contributed by atoms with van der Waals surface area (Å²) < 4.78 is 0. The number of hydrogen-bond donors (Lipinski definition) is 1. The van der Waals surface area contributed by atoms with Crippen LogP contribution in [0.5, 0.6) is 0 Å². The van der Waals surface area contributed by atoms with Crippen LogP contribution in [0.2, 0.25) is 0 Å². The molecule has 1 N–H and O–H groups in total. The summed E-state index contributed by atoms with van der Waals surface area (Å²) >= 11 is 0. The van der Waals surface area contributed by atoms with E-state index < -0.39 is 0 Å². The Kier molecular flexibility index (Phi) is 3.80. The molecule has 0 spiro atoms. The first-order chi connectivity index (χ1) is 9.90. The lowest BCUT2D eigenvalue weighted by molar-refractivity contribution is -0.159. The molecule has 3 saturated carbocycles. The van der Waals surface area contributed by atoms with Gasteiger partial charge in [-0.1, -0.05) is 39.3 Å². The summed E-state index contributed by atoms with van der Waals surface area (Å²) in [4.78, 5) is 0. The highest BCUT2D eigenvalue weighted by molar-refractivity contribution is 5.15. The van der Waals surface area contributed by atoms with E-state index in [1.807, 2.05) is 0 Å². The number of allylic oxidation sites excluding steroid dienone is 1. The van der Waals surface area contributed by atoms with Gasteiger partial charge in [-0.3, -0.25) is 0 Å². The fraction of sp³-hybridized carbons (Fsp3) is 0.900. The number of hydrogen-bond acceptors (Lipinski definition) is 1. The standard InChI is InChI=1S/C20H34O/c1-5-20-12-9-16-18(3,14-21)10-6-11-19(16,4)17(20)8-7-15(2)13-20/h16-17,21H,2,5-14H2,1,3-4H3/t16?,17-,18?,19?,20?/m0/s1. The molecule has 0 amide bonds. The Morgan fingerprint density at radius 3 is 2.57 bits per heavy atom. The number of fused-ring (bicyclic) bond motifs is 3. The molecule has 1 nitrogen and oxygen atoms in total. The van der Waals surface area contributed by atoms with Gasteiger partial charge in [0.25, 0.3) is 0 Å². The molecule has 3 rings (SSSR count). The largest absolute Gasteiger partial charge is 0.396 e. The predicted octanol–water partition coefficient (Wildman–Crippen LogP) is 5.34. The number of aliphatic hydroxyl groups is 1. The van der Waals surface area contributed by atoms with Crippen LogP contribution in [0.1, 0.15) is 78.6 Å². The lowest BCUT2D eigenvalue weighted by atomic mass is 9.40. The molecule has 0 aromatic carbocycles. The highest BCUT2D eigenvalue weighted by Gasteiger charge is 2.60. The van der Waals surface area contributed by atoms with Gasteiger partial charge >= 0.3 is 0 Å². The maximum atomic E-state index is 10.0. The summed E-state index contributed by atoms with van der Waals surface area (Å²) in [5.41, 5.74) is 2.64. The smallest absolute Gasteiger partial charge is 0.0487 e. The SMILES string of the molecule is C=C1CC[C@@H]2C(CC)(CCC3C(C)(CO)CCCC32C)C1. The van der Waals surface area contributed by atoms with Gasteiger partial charge in [-0.05, 0) is 79.4 Å². The molecule has 0 radical (unpaired) electrons. The van der Waals surface area contributed by atoms with Crippen LogP contribution in [-0.2, 0) is 0 Å². The first-order valence-corrected chi connectivity index (χ1v) is 9.18. The molecule has 3 aliphatic carbocycles. The molecule has 5 atom stereocenters. The molecular weight excluding hydrogens is 256 g/mol. The fourth-order valence-electron chi connectivity index (χ4n) is 6.94. The van der Waals surface area contributed by atoms with Crippen molar-refractivity contribution in [2.45, 2.75) is 78.6 Å². The molecule has 3 aliphatic rings. The van der Waals surface area contributed by atoms with Crippen LogP contribution < -0.4 is 0 Å². The molecule has 1 heteroatoms. The Hall–Kier alpha value is -0.300. The predicted molar refractivity (Wildman–Crippen MR) is 89.1 cm³/mol. The second kappa shape index (κ2) is 5.11. The molecule has 0 aliphatic heterocycles. The van der Waals surface area contributed by atoms with Gasteiger partial charge in [0.2, 0.25) is 0 Å². The Bertz CT molecular complexity index is 428. The monoisotopic (exact) mass is 290 g/mol. The van der Waals surface area contributed by atoms with Crippen molar-refractivity contribution in [1.29, 1.82) is 0 Å². The minimum Gasteiger partial charge on any atom is -0.396 e. The normalized spacial score (nSPS) is 50.4. The quantitative estimate of drug-likeness (QED) is 0.681. The highest BCUT2D eigenvalue weighted by atomic mass is 16.3. The summed E-state index contributed by atoms with van der Waals surface area (Å²) in [6.45, 7) is 12.0. The van der Waals surface area contributed by atoms with E-state index in [0.29, 0.717) is 17.4 Å². The van der Waals surface area contributed by atoms with E-state index in [2.05, 4.69) is 27.4 Å². The van der Waals surface area contributed by atoms with Crippen molar-refractivity contribution in [3.05, 3.63) is 12.2 Å². The van der Waals surface area contributed by atoms with Gasteiger partial charge in [0.15, 0.2) is 0 Å². The Morgan fingerprint density at radius 1 is 1.14 bits per heavy atom. The van der Waals surface area contributed by atoms with Crippen molar-refractivity contribution in [3.8, 4) is 0 Å². The van der Waals surface area contributed by atoms with E-state index in [-0.39, 0.29) is 5.41 Å². The van der Waals surface area contributed by atoms with E-state index in [4.69, 9.17) is 0 Å². The van der Waals surface area contributed by atoms with Gasteiger partial charge < -0.3 is 5.11 Å². The zero-order chi connectivity index (χ0) is 15.3. The van der Waals surface area contributed by atoms with E-state index >= 15 is 0 Å². The van der Waals surface area contributed by atoms with Crippen LogP contribution >= 0.6 is 0 Å². The van der Waals surface area contributed by atoms with Crippen molar-refractivity contribution in [2.24, 2.45) is 28.1 Å². The van der Waals surface area contributed by atoms with Crippen molar-refractivity contribution < 1.29 is 5.11 Å². The van der Waals surface area contributed by atoms with Gasteiger partial charge in [-0.15, -0.1) is 0 Å². The van der Waals surface area contributed by atoms with E-state index in [0.717, 1.165) is 11.8 Å². The lowest BCUT2D eigenvalue weighted by Gasteiger charge is -2.65. The minimum atomic E-state index is 0.168. The summed E-state index contributed by atoms with van der Waals surface area (Å²) in [6.07, 6.45) is 11.8. The van der Waals surface area contributed by atoms with Gasteiger partial charge in [-0.2, -0.15) is 0 Å². The van der Waals surface area contributed by atoms with Gasteiger partial charge in [0, 0.05) is 6.61 Å². The van der Waals surface area contributed by atoms with Crippen molar-refractivity contribution in [3.63, 3.8) is 0 Å². The number of aliphatic hydroxyl groups excluding tert-OH is 1. The Balaban J connectivity index is 1.99. The average Bonchev–Trinajstić information content (AvgIpc) is 2.46. The molecule has 0 aromatic heterocycles. The summed E-state index contributed by atoms with van der Waals surface area (Å²) in [7, 11) is 0. The maximum absolute atomic E-state index is 10.0. The van der Waals surface area contributed by atoms with Crippen LogP contribution in [0, 0.1) is 28.1 Å². The molecular formula is C20H34O. The van der Waals surface area contributed by atoms with Crippen molar-refractivity contribution in [1.82, 2.24) is 0 Å². The van der Waals surface area contributed by atoms with Crippen molar-refractivity contribution >= 4 is 0 Å². The van der Waals surface area contributed by atoms with Gasteiger partial charge in [0.1, 0.15) is 0 Å². The summed E-state index contributed by atoms with van der Waals surface area (Å²) in [5.74, 6) is 1.57. The average molecular weight is 290 g/mol. The summed E-state index contributed by atoms with van der Waals surface area (Å²) in [5, 5.41) is 10.0. The molecule has 0 bridgehead atoms. The highest BCUT2D eigenvalue weighted by Crippen LogP contribution is 2.68. The van der Waals surface area contributed by atoms with Crippen LogP contribution in [-0.4, -0.2) is 11.7 Å².